The summed E-state index contributed by atoms with van der Waals surface area (Å²) in [5.41, 5.74) is 13.2. The van der Waals surface area contributed by atoms with Crippen molar-refractivity contribution < 1.29 is 9.90 Å². The zero-order chi connectivity index (χ0) is 17.4. The standard InChI is InChI=1S/C21H25NO2/c1-12(2)17-10-14(7-8-20(17)23)21(24)11-18-13(3)9-19(22)16-6-4-5-15(16)18/h7-10,12,23H,4-6,11,22H2,1-3H3. The van der Waals surface area contributed by atoms with Gasteiger partial charge >= 0.3 is 0 Å². The third kappa shape index (κ3) is 2.91. The summed E-state index contributed by atoms with van der Waals surface area (Å²) in [6.45, 7) is 6.06. The molecule has 0 saturated carbocycles. The van der Waals surface area contributed by atoms with Crippen LogP contribution in [0.15, 0.2) is 24.3 Å². The average molecular weight is 323 g/mol. The van der Waals surface area contributed by atoms with Gasteiger partial charge in [-0.25, -0.2) is 0 Å². The summed E-state index contributed by atoms with van der Waals surface area (Å²) in [5, 5.41) is 9.95. The number of nitrogens with two attached hydrogens (primary N) is 1. The summed E-state index contributed by atoms with van der Waals surface area (Å²) in [6.07, 6.45) is 3.54. The third-order valence-corrected chi connectivity index (χ3v) is 5.09. The smallest absolute Gasteiger partial charge is 0.167 e. The largest absolute Gasteiger partial charge is 0.508 e. The van der Waals surface area contributed by atoms with Gasteiger partial charge in [0.05, 0.1) is 0 Å². The lowest BCUT2D eigenvalue weighted by atomic mass is 9.90. The molecule has 126 valence electrons. The number of phenols is 1. The lowest BCUT2D eigenvalue weighted by molar-refractivity contribution is 0.0992. The van der Waals surface area contributed by atoms with E-state index in [4.69, 9.17) is 5.73 Å². The molecule has 0 radical (unpaired) electrons. The van der Waals surface area contributed by atoms with E-state index in [0.29, 0.717) is 12.0 Å². The summed E-state index contributed by atoms with van der Waals surface area (Å²) >= 11 is 0. The predicted molar refractivity (Wildman–Crippen MR) is 97.8 cm³/mol. The van der Waals surface area contributed by atoms with Gasteiger partial charge in [0.1, 0.15) is 5.75 Å². The maximum absolute atomic E-state index is 12.8. The summed E-state index contributed by atoms with van der Waals surface area (Å²) < 4.78 is 0. The molecule has 0 spiro atoms. The molecule has 0 aliphatic heterocycles. The molecule has 0 saturated heterocycles. The molecule has 0 amide bonds. The second-order valence-corrected chi connectivity index (χ2v) is 7.10. The van der Waals surface area contributed by atoms with Crippen LogP contribution in [0, 0.1) is 6.92 Å². The van der Waals surface area contributed by atoms with Crippen LogP contribution < -0.4 is 5.73 Å². The molecule has 3 N–H and O–H groups in total. The molecule has 0 bridgehead atoms. The van der Waals surface area contributed by atoms with Gasteiger partial charge in [0.2, 0.25) is 0 Å². The maximum Gasteiger partial charge on any atom is 0.167 e. The van der Waals surface area contributed by atoms with Crippen molar-refractivity contribution in [1.29, 1.82) is 0 Å². The predicted octanol–water partition coefficient (Wildman–Crippen LogP) is 4.32. The van der Waals surface area contributed by atoms with Crippen LogP contribution in [0.5, 0.6) is 5.75 Å². The van der Waals surface area contributed by atoms with E-state index in [-0.39, 0.29) is 17.5 Å². The number of carbonyl (C=O) groups is 1. The fourth-order valence-corrected chi connectivity index (χ4v) is 3.74. The normalized spacial score (nSPS) is 13.3. The number of phenolic OH excluding ortho intramolecular Hbond substituents is 1. The van der Waals surface area contributed by atoms with Gasteiger partial charge in [0.25, 0.3) is 0 Å². The average Bonchev–Trinajstić information content (AvgIpc) is 3.01. The first-order chi connectivity index (χ1) is 11.4. The fraction of sp³-hybridized carbons (Fsp3) is 0.381. The minimum atomic E-state index is 0.0962. The van der Waals surface area contributed by atoms with Crippen molar-refractivity contribution in [2.75, 3.05) is 5.73 Å². The zero-order valence-electron chi connectivity index (χ0n) is 14.6. The molecular formula is C21H25NO2. The Morgan fingerprint density at radius 1 is 1.21 bits per heavy atom. The van der Waals surface area contributed by atoms with Crippen LogP contribution in [0.1, 0.15) is 64.4 Å². The van der Waals surface area contributed by atoms with Gasteiger partial charge in [-0.3, -0.25) is 4.79 Å². The SMILES string of the molecule is Cc1cc(N)c2c(c1CC(=O)c1ccc(O)c(C(C)C)c1)CCC2. The number of benzene rings is 2. The first-order valence-electron chi connectivity index (χ1n) is 8.64. The van der Waals surface area contributed by atoms with Crippen LogP contribution in [0.25, 0.3) is 0 Å². The number of hydrogen-bond acceptors (Lipinski definition) is 3. The van der Waals surface area contributed by atoms with E-state index in [0.717, 1.165) is 41.6 Å². The number of carbonyl (C=O) groups excluding carboxylic acids is 1. The van der Waals surface area contributed by atoms with E-state index < -0.39 is 0 Å². The lowest BCUT2D eigenvalue weighted by Crippen LogP contribution is -2.09. The summed E-state index contributed by atoms with van der Waals surface area (Å²) in [6, 6.07) is 7.18. The van der Waals surface area contributed by atoms with Gasteiger partial charge < -0.3 is 10.8 Å². The number of ketones is 1. The Kier molecular flexibility index (Phi) is 4.35. The van der Waals surface area contributed by atoms with Gasteiger partial charge in [0.15, 0.2) is 5.78 Å². The highest BCUT2D eigenvalue weighted by atomic mass is 16.3. The highest BCUT2D eigenvalue weighted by molar-refractivity contribution is 5.98. The minimum absolute atomic E-state index is 0.0962. The van der Waals surface area contributed by atoms with E-state index in [2.05, 4.69) is 0 Å². The maximum atomic E-state index is 12.8. The number of nitrogen functional groups attached to an aromatic ring is 1. The van der Waals surface area contributed by atoms with Crippen LogP contribution in [-0.2, 0) is 19.3 Å². The molecule has 0 atom stereocenters. The molecule has 3 heteroatoms. The van der Waals surface area contributed by atoms with Crippen molar-refractivity contribution in [1.82, 2.24) is 0 Å². The van der Waals surface area contributed by atoms with Gasteiger partial charge in [-0.2, -0.15) is 0 Å². The number of Topliss-reactive ketones (excluding diaryl/α,β-unsaturated/α-hetero) is 1. The molecule has 3 rings (SSSR count). The molecule has 2 aromatic carbocycles. The Morgan fingerprint density at radius 2 is 1.92 bits per heavy atom. The van der Waals surface area contributed by atoms with Crippen molar-refractivity contribution >= 4 is 11.5 Å². The number of fused-ring (bicyclic) bond motifs is 1. The minimum Gasteiger partial charge on any atom is -0.508 e. The lowest BCUT2D eigenvalue weighted by Gasteiger charge is -2.15. The van der Waals surface area contributed by atoms with Crippen LogP contribution in [0.2, 0.25) is 0 Å². The number of hydrogen-bond donors (Lipinski definition) is 2. The molecule has 0 unspecified atom stereocenters. The molecule has 0 heterocycles. The van der Waals surface area contributed by atoms with Crippen LogP contribution >= 0.6 is 0 Å². The fourth-order valence-electron chi connectivity index (χ4n) is 3.74. The Balaban J connectivity index is 1.94. The van der Waals surface area contributed by atoms with Crippen molar-refractivity contribution in [3.63, 3.8) is 0 Å². The molecular weight excluding hydrogens is 298 g/mol. The monoisotopic (exact) mass is 323 g/mol. The number of aryl methyl sites for hydroxylation is 1. The Labute approximate surface area is 143 Å². The highest BCUT2D eigenvalue weighted by Crippen LogP contribution is 2.33. The molecule has 0 aromatic heterocycles. The quantitative estimate of drug-likeness (QED) is 0.650. The topological polar surface area (TPSA) is 63.3 Å². The second kappa shape index (κ2) is 6.31. The molecule has 24 heavy (non-hydrogen) atoms. The van der Waals surface area contributed by atoms with Crippen molar-refractivity contribution in [3.8, 4) is 5.75 Å². The molecule has 0 fully saturated rings. The second-order valence-electron chi connectivity index (χ2n) is 7.10. The first kappa shape index (κ1) is 16.6. The van der Waals surface area contributed by atoms with Gasteiger partial charge in [-0.05, 0) is 84.2 Å². The van der Waals surface area contributed by atoms with E-state index in [1.807, 2.05) is 32.9 Å². The van der Waals surface area contributed by atoms with Gasteiger partial charge in [-0.1, -0.05) is 13.8 Å². The summed E-state index contributed by atoms with van der Waals surface area (Å²) in [4.78, 5) is 12.8. The van der Waals surface area contributed by atoms with E-state index >= 15 is 0 Å². The molecule has 1 aliphatic rings. The molecule has 3 nitrogen and oxygen atoms in total. The van der Waals surface area contributed by atoms with Gasteiger partial charge in [-0.15, -0.1) is 0 Å². The number of aromatic hydroxyl groups is 1. The van der Waals surface area contributed by atoms with Crippen molar-refractivity contribution in [2.24, 2.45) is 0 Å². The highest BCUT2D eigenvalue weighted by Gasteiger charge is 2.22. The zero-order valence-corrected chi connectivity index (χ0v) is 14.6. The van der Waals surface area contributed by atoms with Crippen molar-refractivity contribution in [3.05, 3.63) is 57.6 Å². The van der Waals surface area contributed by atoms with Crippen molar-refractivity contribution in [2.45, 2.75) is 52.4 Å². The van der Waals surface area contributed by atoms with Crippen LogP contribution in [0.4, 0.5) is 5.69 Å². The van der Waals surface area contributed by atoms with E-state index in [9.17, 15) is 9.90 Å². The number of rotatable bonds is 4. The van der Waals surface area contributed by atoms with Gasteiger partial charge in [0, 0.05) is 17.7 Å². The first-order valence-corrected chi connectivity index (χ1v) is 8.64. The summed E-state index contributed by atoms with van der Waals surface area (Å²) in [7, 11) is 0. The van der Waals surface area contributed by atoms with E-state index in [1.54, 1.807) is 12.1 Å². The Bertz CT molecular complexity index is 806. The molecule has 2 aromatic rings. The third-order valence-electron chi connectivity index (χ3n) is 5.09. The van der Waals surface area contributed by atoms with Crippen LogP contribution in [-0.4, -0.2) is 10.9 Å². The number of anilines is 1. The van der Waals surface area contributed by atoms with E-state index in [1.165, 1.54) is 11.1 Å². The summed E-state index contributed by atoms with van der Waals surface area (Å²) in [5.74, 6) is 0.533. The molecule has 1 aliphatic carbocycles. The Hall–Kier alpha value is -2.29. The van der Waals surface area contributed by atoms with Crippen LogP contribution in [0.3, 0.4) is 0 Å². The Morgan fingerprint density at radius 3 is 2.62 bits per heavy atom.